The highest BCUT2D eigenvalue weighted by Gasteiger charge is 2.37. The van der Waals surface area contributed by atoms with Gasteiger partial charge in [-0.15, -0.1) is 0 Å². The van der Waals surface area contributed by atoms with Crippen LogP contribution in [0.25, 0.3) is 0 Å². The molecule has 1 aliphatic carbocycles. The van der Waals surface area contributed by atoms with E-state index in [4.69, 9.17) is 4.74 Å². The molecule has 0 radical (unpaired) electrons. The van der Waals surface area contributed by atoms with Crippen molar-refractivity contribution >= 4 is 11.8 Å². The van der Waals surface area contributed by atoms with E-state index in [0.717, 1.165) is 24.8 Å². The third kappa shape index (κ3) is 3.11. The molecule has 0 bridgehead atoms. The van der Waals surface area contributed by atoms with E-state index in [0.29, 0.717) is 5.56 Å². The molecule has 0 aromatic heterocycles. The second kappa shape index (κ2) is 5.39. The van der Waals surface area contributed by atoms with Crippen LogP contribution in [0.2, 0.25) is 0 Å². The molecule has 1 unspecified atom stereocenters. The minimum Gasteiger partial charge on any atom is -0.455 e. The lowest BCUT2D eigenvalue weighted by molar-refractivity contribution is -0.151. The number of hydrogen-bond donors (Lipinski definition) is 0. The molecule has 19 heavy (non-hydrogen) atoms. The Kier molecular flexibility index (Phi) is 3.84. The predicted molar refractivity (Wildman–Crippen MR) is 72.9 cm³/mol. The number of benzene rings is 1. The molecule has 1 atom stereocenters. The third-order valence-corrected chi connectivity index (χ3v) is 3.51. The quantitative estimate of drug-likeness (QED) is 0.474. The van der Waals surface area contributed by atoms with Crippen LogP contribution in [0.3, 0.4) is 0 Å². The van der Waals surface area contributed by atoms with Crippen LogP contribution in [0.4, 0.5) is 0 Å². The molecule has 1 aromatic carbocycles. The molecule has 1 saturated carbocycles. The van der Waals surface area contributed by atoms with Gasteiger partial charge in [0, 0.05) is 12.5 Å². The minimum atomic E-state index is -0.615. The van der Waals surface area contributed by atoms with Crippen LogP contribution in [0.15, 0.2) is 42.0 Å². The van der Waals surface area contributed by atoms with Gasteiger partial charge in [-0.2, -0.15) is 0 Å². The summed E-state index contributed by atoms with van der Waals surface area (Å²) in [5.41, 5.74) is 0.958. The number of ether oxygens (including phenoxy) is 1. The van der Waals surface area contributed by atoms with E-state index in [1.807, 2.05) is 25.1 Å². The van der Waals surface area contributed by atoms with Gasteiger partial charge in [-0.3, -0.25) is 9.59 Å². The molecule has 0 aliphatic heterocycles. The molecular formula is C16H18O3. The maximum absolute atomic E-state index is 12.2. The number of allylic oxidation sites excluding steroid dienone is 1. The van der Waals surface area contributed by atoms with Crippen LogP contribution in [-0.4, -0.2) is 17.4 Å². The molecule has 1 aromatic rings. The Labute approximate surface area is 113 Å². The molecule has 3 heteroatoms. The molecule has 3 nitrogen and oxygen atoms in total. The lowest BCUT2D eigenvalue weighted by Gasteiger charge is -2.25. The molecular weight excluding hydrogens is 240 g/mol. The van der Waals surface area contributed by atoms with E-state index >= 15 is 0 Å². The molecule has 2 rings (SSSR count). The fraction of sp³-hybridized carbons (Fsp3) is 0.375. The first-order valence-corrected chi connectivity index (χ1v) is 6.51. The Bertz CT molecular complexity index is 516. The van der Waals surface area contributed by atoms with Gasteiger partial charge < -0.3 is 4.74 Å². The largest absolute Gasteiger partial charge is 0.455 e. The van der Waals surface area contributed by atoms with Gasteiger partial charge in [-0.25, -0.2) is 0 Å². The molecule has 0 spiro atoms. The number of ketones is 1. The Hall–Kier alpha value is -1.90. The van der Waals surface area contributed by atoms with Gasteiger partial charge in [0.15, 0.2) is 5.78 Å². The van der Waals surface area contributed by atoms with Crippen LogP contribution in [-0.2, 0) is 9.53 Å². The topological polar surface area (TPSA) is 43.4 Å². The lowest BCUT2D eigenvalue weighted by atomic mass is 9.96. The smallest absolute Gasteiger partial charge is 0.303 e. The van der Waals surface area contributed by atoms with Crippen molar-refractivity contribution in [3.63, 3.8) is 0 Å². The highest BCUT2D eigenvalue weighted by Crippen LogP contribution is 2.38. The third-order valence-electron chi connectivity index (χ3n) is 3.51. The Morgan fingerprint density at radius 1 is 1.26 bits per heavy atom. The molecule has 0 amide bonds. The number of carbonyl (C=O) groups excluding carboxylic acids is 2. The van der Waals surface area contributed by atoms with Crippen LogP contribution >= 0.6 is 0 Å². The summed E-state index contributed by atoms with van der Waals surface area (Å²) in [6.45, 7) is 3.28. The van der Waals surface area contributed by atoms with Crippen molar-refractivity contribution in [1.29, 1.82) is 0 Å². The monoisotopic (exact) mass is 258 g/mol. The van der Waals surface area contributed by atoms with Crippen LogP contribution in [0.1, 0.15) is 43.5 Å². The van der Waals surface area contributed by atoms with Gasteiger partial charge in [0.25, 0.3) is 0 Å². The van der Waals surface area contributed by atoms with Crippen molar-refractivity contribution in [3.05, 3.63) is 47.5 Å². The molecule has 1 fully saturated rings. The van der Waals surface area contributed by atoms with E-state index < -0.39 is 5.60 Å². The van der Waals surface area contributed by atoms with E-state index in [-0.39, 0.29) is 11.8 Å². The van der Waals surface area contributed by atoms with Crippen LogP contribution in [0.5, 0.6) is 0 Å². The number of esters is 1. The summed E-state index contributed by atoms with van der Waals surface area (Å²) in [6.07, 6.45) is 4.16. The summed E-state index contributed by atoms with van der Waals surface area (Å²) in [7, 11) is 0. The second-order valence-corrected chi connectivity index (χ2v) is 5.08. The zero-order valence-corrected chi connectivity index (χ0v) is 11.3. The van der Waals surface area contributed by atoms with Gasteiger partial charge in [0.05, 0.1) is 0 Å². The van der Waals surface area contributed by atoms with Gasteiger partial charge in [-0.05, 0) is 37.8 Å². The summed E-state index contributed by atoms with van der Waals surface area (Å²) in [5.74, 6) is -0.335. The maximum Gasteiger partial charge on any atom is 0.303 e. The van der Waals surface area contributed by atoms with Gasteiger partial charge >= 0.3 is 5.97 Å². The molecule has 1 aliphatic rings. The molecule has 0 N–H and O–H groups in total. The lowest BCUT2D eigenvalue weighted by Crippen LogP contribution is -2.29. The normalized spacial score (nSPS) is 24.4. The Morgan fingerprint density at radius 2 is 1.95 bits per heavy atom. The summed E-state index contributed by atoms with van der Waals surface area (Å²) in [4.78, 5) is 23.3. The standard InChI is InChI=1S/C16H18O3/c1-12(17)19-16(2)10-6-9-14(16)11-15(18)13-7-4-3-5-8-13/h3-5,7-8,11H,6,9-10H2,1-2H3. The van der Waals surface area contributed by atoms with Crippen molar-refractivity contribution in [2.24, 2.45) is 0 Å². The first-order chi connectivity index (χ1) is 9.01. The first-order valence-electron chi connectivity index (χ1n) is 6.51. The van der Waals surface area contributed by atoms with Crippen molar-refractivity contribution in [3.8, 4) is 0 Å². The highest BCUT2D eigenvalue weighted by atomic mass is 16.6. The SMILES string of the molecule is CC(=O)OC1(C)CCCC1=CC(=O)c1ccccc1. The fourth-order valence-corrected chi connectivity index (χ4v) is 2.54. The minimum absolute atomic E-state index is 0.0316. The molecule has 0 saturated heterocycles. The van der Waals surface area contributed by atoms with Crippen LogP contribution in [0, 0.1) is 0 Å². The van der Waals surface area contributed by atoms with Crippen molar-refractivity contribution in [2.75, 3.05) is 0 Å². The van der Waals surface area contributed by atoms with E-state index in [9.17, 15) is 9.59 Å². The molecule has 100 valence electrons. The average Bonchev–Trinajstić information content (AvgIpc) is 2.70. The first kappa shape index (κ1) is 13.5. The van der Waals surface area contributed by atoms with Crippen molar-refractivity contribution in [1.82, 2.24) is 0 Å². The van der Waals surface area contributed by atoms with E-state index in [1.54, 1.807) is 18.2 Å². The van der Waals surface area contributed by atoms with E-state index in [1.165, 1.54) is 6.92 Å². The molecule has 0 heterocycles. The summed E-state index contributed by atoms with van der Waals surface area (Å²) in [6, 6.07) is 9.13. The summed E-state index contributed by atoms with van der Waals surface area (Å²) >= 11 is 0. The predicted octanol–water partition coefficient (Wildman–Crippen LogP) is 3.30. The van der Waals surface area contributed by atoms with Crippen molar-refractivity contribution < 1.29 is 14.3 Å². The Balaban J connectivity index is 2.22. The van der Waals surface area contributed by atoms with Crippen LogP contribution < -0.4 is 0 Å². The maximum atomic E-state index is 12.2. The van der Waals surface area contributed by atoms with Gasteiger partial charge in [0.2, 0.25) is 0 Å². The van der Waals surface area contributed by atoms with Gasteiger partial charge in [0.1, 0.15) is 5.60 Å². The number of carbonyl (C=O) groups is 2. The van der Waals surface area contributed by atoms with E-state index in [2.05, 4.69) is 0 Å². The fourth-order valence-electron chi connectivity index (χ4n) is 2.54. The summed E-state index contributed by atoms with van der Waals surface area (Å²) < 4.78 is 5.39. The number of hydrogen-bond acceptors (Lipinski definition) is 3. The highest BCUT2D eigenvalue weighted by molar-refractivity contribution is 6.05. The zero-order valence-electron chi connectivity index (χ0n) is 11.3. The zero-order chi connectivity index (χ0) is 13.9. The summed E-state index contributed by atoms with van der Waals surface area (Å²) in [5, 5.41) is 0. The van der Waals surface area contributed by atoms with Crippen molar-refractivity contribution in [2.45, 2.75) is 38.7 Å². The number of rotatable bonds is 3. The van der Waals surface area contributed by atoms with Gasteiger partial charge in [-0.1, -0.05) is 30.3 Å². The second-order valence-electron chi connectivity index (χ2n) is 5.08. The average molecular weight is 258 g/mol. The Morgan fingerprint density at radius 3 is 2.58 bits per heavy atom.